The summed E-state index contributed by atoms with van der Waals surface area (Å²) in [6, 6.07) is 11.2. The van der Waals surface area contributed by atoms with Crippen LogP contribution in [0.2, 0.25) is 0 Å². The van der Waals surface area contributed by atoms with Crippen molar-refractivity contribution in [1.82, 2.24) is 20.6 Å². The van der Waals surface area contributed by atoms with E-state index in [0.717, 1.165) is 18.7 Å². The number of amides is 1. The van der Waals surface area contributed by atoms with Crippen LogP contribution in [-0.4, -0.2) is 65.9 Å². The average Bonchev–Trinajstić information content (AvgIpc) is 3.29. The number of carbonyl (C=O) groups is 2. The number of H-pyrrole nitrogens is 1. The summed E-state index contributed by atoms with van der Waals surface area (Å²) in [5.74, 6) is -1.29. The van der Waals surface area contributed by atoms with E-state index in [0.29, 0.717) is 35.9 Å². The SMILES string of the molecule is O=C(NCC(F)(F)F)c1ccc(-c2cc(-c3cc(C(=O)O)c(N4CCNCC4)[nH]3)ccn2)cc1. The van der Waals surface area contributed by atoms with Crippen LogP contribution in [-0.2, 0) is 0 Å². The number of rotatable bonds is 6. The molecule has 178 valence electrons. The zero-order valence-corrected chi connectivity index (χ0v) is 17.9. The van der Waals surface area contributed by atoms with Crippen LogP contribution < -0.4 is 15.5 Å². The average molecular weight is 473 g/mol. The van der Waals surface area contributed by atoms with Crippen LogP contribution in [0.5, 0.6) is 0 Å². The second-order valence-corrected chi connectivity index (χ2v) is 7.79. The van der Waals surface area contributed by atoms with Crippen molar-refractivity contribution in [3.8, 4) is 22.5 Å². The lowest BCUT2D eigenvalue weighted by atomic mass is 10.1. The molecule has 0 atom stereocenters. The van der Waals surface area contributed by atoms with E-state index in [2.05, 4.69) is 15.3 Å². The number of hydrogen-bond acceptors (Lipinski definition) is 5. The highest BCUT2D eigenvalue weighted by molar-refractivity contribution is 5.96. The van der Waals surface area contributed by atoms with Crippen molar-refractivity contribution in [3.63, 3.8) is 0 Å². The molecule has 3 aromatic rings. The number of piperazine rings is 1. The van der Waals surface area contributed by atoms with Gasteiger partial charge in [-0.15, -0.1) is 0 Å². The number of alkyl halides is 3. The molecule has 1 aromatic carbocycles. The first kappa shape index (κ1) is 23.3. The number of nitrogens with zero attached hydrogens (tertiary/aromatic N) is 2. The molecule has 1 aliphatic heterocycles. The molecule has 0 spiro atoms. The predicted molar refractivity (Wildman–Crippen MR) is 120 cm³/mol. The first-order valence-electron chi connectivity index (χ1n) is 10.5. The number of halogens is 3. The Morgan fingerprint density at radius 2 is 1.76 bits per heavy atom. The number of aromatic carboxylic acids is 1. The van der Waals surface area contributed by atoms with Crippen molar-refractivity contribution in [1.29, 1.82) is 0 Å². The van der Waals surface area contributed by atoms with E-state index in [1.807, 2.05) is 10.2 Å². The summed E-state index contributed by atoms with van der Waals surface area (Å²) >= 11 is 0. The van der Waals surface area contributed by atoms with E-state index in [-0.39, 0.29) is 11.1 Å². The van der Waals surface area contributed by atoms with E-state index in [9.17, 15) is 27.9 Å². The van der Waals surface area contributed by atoms with Crippen molar-refractivity contribution in [2.75, 3.05) is 37.6 Å². The van der Waals surface area contributed by atoms with Crippen LogP contribution >= 0.6 is 0 Å². The van der Waals surface area contributed by atoms with Gasteiger partial charge in [0.05, 0.1) is 5.69 Å². The lowest BCUT2D eigenvalue weighted by Gasteiger charge is -2.28. The minimum Gasteiger partial charge on any atom is -0.478 e. The molecule has 8 nitrogen and oxygen atoms in total. The minimum atomic E-state index is -4.48. The van der Waals surface area contributed by atoms with Gasteiger partial charge < -0.3 is 25.6 Å². The number of carboxylic acid groups (broad SMARTS) is 1. The van der Waals surface area contributed by atoms with Gasteiger partial charge in [-0.2, -0.15) is 13.2 Å². The number of benzene rings is 1. The zero-order chi connectivity index (χ0) is 24.3. The van der Waals surface area contributed by atoms with E-state index >= 15 is 0 Å². The Morgan fingerprint density at radius 3 is 2.41 bits per heavy atom. The molecular formula is C23H22F3N5O3. The van der Waals surface area contributed by atoms with E-state index in [1.54, 1.807) is 36.5 Å². The molecule has 0 aliphatic carbocycles. The summed E-state index contributed by atoms with van der Waals surface area (Å²) in [4.78, 5) is 33.3. The molecule has 1 saturated heterocycles. The zero-order valence-electron chi connectivity index (χ0n) is 17.9. The number of nitrogens with one attached hydrogen (secondary N) is 3. The number of anilines is 1. The Morgan fingerprint density at radius 1 is 1.06 bits per heavy atom. The van der Waals surface area contributed by atoms with Gasteiger partial charge >= 0.3 is 12.1 Å². The van der Waals surface area contributed by atoms with Gasteiger partial charge in [-0.3, -0.25) is 9.78 Å². The standard InChI is InChI=1S/C23H22F3N5O3/c24-23(25,26)13-29-21(32)15-3-1-14(2-4-15)18-11-16(5-6-28-18)19-12-17(22(33)34)20(30-19)31-9-7-27-8-10-31/h1-6,11-12,27,30H,7-10,13H2,(H,29,32)(H,33,34). The maximum Gasteiger partial charge on any atom is 0.405 e. The van der Waals surface area contributed by atoms with E-state index in [4.69, 9.17) is 0 Å². The first-order chi connectivity index (χ1) is 16.2. The Labute approximate surface area is 192 Å². The van der Waals surface area contributed by atoms with Crippen LogP contribution in [0, 0.1) is 0 Å². The Balaban J connectivity index is 1.56. The molecule has 4 rings (SSSR count). The van der Waals surface area contributed by atoms with Crippen LogP contribution in [0.3, 0.4) is 0 Å². The van der Waals surface area contributed by atoms with Crippen LogP contribution in [0.4, 0.5) is 19.0 Å². The summed E-state index contributed by atoms with van der Waals surface area (Å²) in [6.07, 6.45) is -2.90. The van der Waals surface area contributed by atoms with Crippen LogP contribution in [0.1, 0.15) is 20.7 Å². The van der Waals surface area contributed by atoms with E-state index < -0.39 is 24.6 Å². The second-order valence-electron chi connectivity index (χ2n) is 7.79. The molecule has 4 N–H and O–H groups in total. The molecule has 0 unspecified atom stereocenters. The number of aromatic nitrogens is 2. The fraction of sp³-hybridized carbons (Fsp3) is 0.261. The maximum atomic E-state index is 12.3. The first-order valence-corrected chi connectivity index (χ1v) is 10.5. The van der Waals surface area contributed by atoms with Gasteiger partial charge in [0.1, 0.15) is 17.9 Å². The predicted octanol–water partition coefficient (Wildman–Crippen LogP) is 3.14. The summed E-state index contributed by atoms with van der Waals surface area (Å²) in [5.41, 5.74) is 2.85. The molecule has 1 fully saturated rings. The molecule has 1 aliphatic rings. The number of aromatic amines is 1. The largest absolute Gasteiger partial charge is 0.478 e. The number of hydrogen-bond donors (Lipinski definition) is 4. The summed E-state index contributed by atoms with van der Waals surface area (Å²) in [7, 11) is 0. The Bertz CT molecular complexity index is 1190. The molecule has 3 heterocycles. The maximum absolute atomic E-state index is 12.3. The number of carbonyl (C=O) groups excluding carboxylic acids is 1. The number of pyridine rings is 1. The fourth-order valence-corrected chi connectivity index (χ4v) is 3.73. The van der Waals surface area contributed by atoms with Gasteiger partial charge in [-0.1, -0.05) is 12.1 Å². The summed E-state index contributed by atoms with van der Waals surface area (Å²) < 4.78 is 36.9. The van der Waals surface area contributed by atoms with Crippen molar-refractivity contribution < 1.29 is 27.9 Å². The molecule has 2 aromatic heterocycles. The lowest BCUT2D eigenvalue weighted by Crippen LogP contribution is -2.44. The molecule has 11 heteroatoms. The third kappa shape index (κ3) is 5.37. The summed E-state index contributed by atoms with van der Waals surface area (Å²) in [6.45, 7) is 1.49. The lowest BCUT2D eigenvalue weighted by molar-refractivity contribution is -0.123. The van der Waals surface area contributed by atoms with Crippen molar-refractivity contribution in [3.05, 3.63) is 59.8 Å². The Hall–Kier alpha value is -3.86. The highest BCUT2D eigenvalue weighted by atomic mass is 19.4. The van der Waals surface area contributed by atoms with Gasteiger partial charge in [0.25, 0.3) is 5.91 Å². The molecule has 0 radical (unpaired) electrons. The second kappa shape index (κ2) is 9.56. The minimum absolute atomic E-state index is 0.0975. The van der Waals surface area contributed by atoms with Crippen molar-refractivity contribution in [2.24, 2.45) is 0 Å². The third-order valence-electron chi connectivity index (χ3n) is 5.42. The Kier molecular flexibility index (Phi) is 6.55. The molecule has 0 saturated carbocycles. The summed E-state index contributed by atoms with van der Waals surface area (Å²) in [5, 5.41) is 14.7. The van der Waals surface area contributed by atoms with Gasteiger partial charge in [-0.25, -0.2) is 4.79 Å². The monoisotopic (exact) mass is 473 g/mol. The van der Waals surface area contributed by atoms with Gasteiger partial charge in [0.15, 0.2) is 0 Å². The van der Waals surface area contributed by atoms with E-state index in [1.165, 1.54) is 12.1 Å². The topological polar surface area (TPSA) is 110 Å². The molecule has 0 bridgehead atoms. The van der Waals surface area contributed by atoms with Gasteiger partial charge in [0, 0.05) is 54.8 Å². The fourth-order valence-electron chi connectivity index (χ4n) is 3.73. The quantitative estimate of drug-likeness (QED) is 0.438. The van der Waals surface area contributed by atoms with Crippen LogP contribution in [0.25, 0.3) is 22.5 Å². The third-order valence-corrected chi connectivity index (χ3v) is 5.42. The normalized spacial score (nSPS) is 14.1. The smallest absolute Gasteiger partial charge is 0.405 e. The highest BCUT2D eigenvalue weighted by Crippen LogP contribution is 2.30. The van der Waals surface area contributed by atoms with Crippen molar-refractivity contribution >= 4 is 17.7 Å². The molecular weight excluding hydrogens is 451 g/mol. The van der Waals surface area contributed by atoms with Gasteiger partial charge in [-0.05, 0) is 30.3 Å². The molecule has 34 heavy (non-hydrogen) atoms. The van der Waals surface area contributed by atoms with Gasteiger partial charge in [0.2, 0.25) is 0 Å². The van der Waals surface area contributed by atoms with Crippen molar-refractivity contribution in [2.45, 2.75) is 6.18 Å². The van der Waals surface area contributed by atoms with Crippen LogP contribution in [0.15, 0.2) is 48.7 Å². The highest BCUT2D eigenvalue weighted by Gasteiger charge is 2.28. The number of carboxylic acids is 1. The molecule has 1 amide bonds.